The highest BCUT2D eigenvalue weighted by molar-refractivity contribution is 5.95. The highest BCUT2D eigenvalue weighted by Crippen LogP contribution is 2.35. The number of carbonyl (C=O) groups excluding carboxylic acids is 1. The number of rotatable bonds is 8. The first-order chi connectivity index (χ1) is 14.8. The van der Waals surface area contributed by atoms with Crippen molar-refractivity contribution in [3.63, 3.8) is 0 Å². The summed E-state index contributed by atoms with van der Waals surface area (Å²) in [4.78, 5) is 13.0. The summed E-state index contributed by atoms with van der Waals surface area (Å²) < 4.78 is 7.54. The third-order valence-electron chi connectivity index (χ3n) is 6.55. The fourth-order valence-electron chi connectivity index (χ4n) is 4.52. The van der Waals surface area contributed by atoms with E-state index in [9.17, 15) is 9.90 Å². The van der Waals surface area contributed by atoms with E-state index in [1.165, 1.54) is 5.56 Å². The average Bonchev–Trinajstić information content (AvgIpc) is 3.10. The van der Waals surface area contributed by atoms with Crippen LogP contribution in [0.25, 0.3) is 11.3 Å². The quantitative estimate of drug-likeness (QED) is 0.650. The number of aryl methyl sites for hydroxylation is 2. The lowest BCUT2D eigenvalue weighted by Gasteiger charge is -2.34. The zero-order valence-corrected chi connectivity index (χ0v) is 19.6. The van der Waals surface area contributed by atoms with E-state index in [1.54, 1.807) is 7.11 Å². The molecular weight excluding hydrogens is 390 g/mol. The van der Waals surface area contributed by atoms with Gasteiger partial charge < -0.3 is 15.2 Å². The molecule has 1 amide bonds. The monoisotopic (exact) mass is 427 g/mol. The normalized spacial score (nSPS) is 21.2. The molecule has 1 aliphatic rings. The van der Waals surface area contributed by atoms with Crippen LogP contribution in [0.2, 0.25) is 0 Å². The van der Waals surface area contributed by atoms with E-state index in [0.717, 1.165) is 61.1 Å². The minimum absolute atomic E-state index is 0.237. The number of hydrogen-bond donors (Lipinski definition) is 2. The van der Waals surface area contributed by atoms with Crippen LogP contribution in [0.5, 0.6) is 5.75 Å². The Hall–Kier alpha value is -2.34. The molecule has 0 unspecified atom stereocenters. The van der Waals surface area contributed by atoms with Crippen molar-refractivity contribution >= 4 is 5.91 Å². The zero-order chi connectivity index (χ0) is 22.6. The van der Waals surface area contributed by atoms with Gasteiger partial charge in [-0.3, -0.25) is 9.48 Å². The third-order valence-corrected chi connectivity index (χ3v) is 6.55. The molecule has 1 saturated carbocycles. The van der Waals surface area contributed by atoms with Gasteiger partial charge in [-0.1, -0.05) is 26.3 Å². The van der Waals surface area contributed by atoms with Crippen LogP contribution in [-0.4, -0.2) is 40.0 Å². The van der Waals surface area contributed by atoms with E-state index in [0.29, 0.717) is 18.2 Å². The predicted octanol–water partition coefficient (Wildman–Crippen LogP) is 4.51. The molecule has 0 radical (unpaired) electrons. The Labute approximate surface area is 186 Å². The molecule has 0 spiro atoms. The molecule has 0 saturated heterocycles. The highest BCUT2D eigenvalue weighted by Gasteiger charge is 2.33. The molecule has 0 aliphatic heterocycles. The lowest BCUT2D eigenvalue weighted by Crippen LogP contribution is -2.45. The molecule has 31 heavy (non-hydrogen) atoms. The van der Waals surface area contributed by atoms with Gasteiger partial charge >= 0.3 is 0 Å². The number of carbonyl (C=O) groups is 1. The number of amides is 1. The molecule has 6 heteroatoms. The van der Waals surface area contributed by atoms with Crippen LogP contribution in [0, 0.1) is 12.8 Å². The van der Waals surface area contributed by atoms with Gasteiger partial charge in [0.05, 0.1) is 18.4 Å². The Morgan fingerprint density at radius 1 is 1.32 bits per heavy atom. The largest absolute Gasteiger partial charge is 0.496 e. The SMILES string of the molecule is CCCc1ccc(-c2c(C)c(C(=O)NCC3(O)CCC(C)CC3)nn2CC)c(OC)c1. The van der Waals surface area contributed by atoms with Gasteiger partial charge in [0.15, 0.2) is 5.69 Å². The lowest BCUT2D eigenvalue weighted by atomic mass is 9.79. The smallest absolute Gasteiger partial charge is 0.272 e. The van der Waals surface area contributed by atoms with Gasteiger partial charge in [0.2, 0.25) is 0 Å². The number of hydrogen-bond acceptors (Lipinski definition) is 4. The maximum absolute atomic E-state index is 13.0. The number of aromatic nitrogens is 2. The maximum atomic E-state index is 13.0. The number of ether oxygens (including phenoxy) is 1. The van der Waals surface area contributed by atoms with Crippen LogP contribution in [0.15, 0.2) is 18.2 Å². The molecule has 1 heterocycles. The molecule has 2 aromatic rings. The number of methoxy groups -OCH3 is 1. The molecule has 0 atom stereocenters. The van der Waals surface area contributed by atoms with E-state index in [1.807, 2.05) is 18.5 Å². The van der Waals surface area contributed by atoms with Crippen LogP contribution in [0.1, 0.15) is 74.5 Å². The minimum atomic E-state index is -0.815. The summed E-state index contributed by atoms with van der Waals surface area (Å²) in [6.07, 6.45) is 5.51. The van der Waals surface area contributed by atoms with Crippen LogP contribution in [-0.2, 0) is 13.0 Å². The molecule has 1 aromatic heterocycles. The topological polar surface area (TPSA) is 76.4 Å². The summed E-state index contributed by atoms with van der Waals surface area (Å²) in [6.45, 7) is 9.23. The summed E-state index contributed by atoms with van der Waals surface area (Å²) in [7, 11) is 1.68. The molecule has 2 N–H and O–H groups in total. The fourth-order valence-corrected chi connectivity index (χ4v) is 4.52. The van der Waals surface area contributed by atoms with E-state index < -0.39 is 5.60 Å². The summed E-state index contributed by atoms with van der Waals surface area (Å²) in [5.74, 6) is 1.19. The van der Waals surface area contributed by atoms with Crippen LogP contribution >= 0.6 is 0 Å². The Kier molecular flexibility index (Phi) is 7.42. The molecule has 170 valence electrons. The number of nitrogens with zero attached hydrogens (tertiary/aromatic N) is 2. The van der Waals surface area contributed by atoms with Crippen molar-refractivity contribution in [3.8, 4) is 17.0 Å². The minimum Gasteiger partial charge on any atom is -0.496 e. The van der Waals surface area contributed by atoms with Crippen LogP contribution < -0.4 is 10.1 Å². The van der Waals surface area contributed by atoms with Crippen LogP contribution in [0.4, 0.5) is 0 Å². The molecule has 1 aromatic carbocycles. The highest BCUT2D eigenvalue weighted by atomic mass is 16.5. The van der Waals surface area contributed by atoms with Gasteiger partial charge in [0.1, 0.15) is 5.75 Å². The molecule has 1 aliphatic carbocycles. The number of nitrogens with one attached hydrogen (secondary N) is 1. The molecule has 3 rings (SSSR count). The summed E-state index contributed by atoms with van der Waals surface area (Å²) in [5.41, 5.74) is 3.49. The van der Waals surface area contributed by atoms with E-state index in [-0.39, 0.29) is 12.5 Å². The van der Waals surface area contributed by atoms with Gasteiger partial charge in [-0.15, -0.1) is 0 Å². The zero-order valence-electron chi connectivity index (χ0n) is 19.6. The Bertz CT molecular complexity index is 911. The molecular formula is C25H37N3O3. The average molecular weight is 428 g/mol. The summed E-state index contributed by atoms with van der Waals surface area (Å²) in [5, 5.41) is 18.4. The van der Waals surface area contributed by atoms with Gasteiger partial charge in [-0.05, 0) is 69.6 Å². The van der Waals surface area contributed by atoms with E-state index in [2.05, 4.69) is 42.5 Å². The Morgan fingerprint density at radius 2 is 2.03 bits per heavy atom. The van der Waals surface area contributed by atoms with Crippen molar-refractivity contribution in [1.82, 2.24) is 15.1 Å². The first-order valence-electron chi connectivity index (χ1n) is 11.6. The Balaban J connectivity index is 1.85. The summed E-state index contributed by atoms with van der Waals surface area (Å²) in [6, 6.07) is 6.26. The second-order valence-electron chi connectivity index (χ2n) is 9.01. The third kappa shape index (κ3) is 5.12. The van der Waals surface area contributed by atoms with Crippen molar-refractivity contribution < 1.29 is 14.6 Å². The van der Waals surface area contributed by atoms with Crippen molar-refractivity contribution in [1.29, 1.82) is 0 Å². The standard InChI is InChI=1S/C25H37N3O3/c1-6-8-19-9-10-20(21(15-19)31-5)23-18(4)22(27-28(23)7-2)24(29)26-16-25(30)13-11-17(3)12-14-25/h9-10,15,17,30H,6-8,11-14,16H2,1-5H3,(H,26,29). The van der Waals surface area contributed by atoms with Gasteiger partial charge in [-0.25, -0.2) is 0 Å². The first-order valence-corrected chi connectivity index (χ1v) is 11.6. The van der Waals surface area contributed by atoms with E-state index >= 15 is 0 Å². The maximum Gasteiger partial charge on any atom is 0.272 e. The second-order valence-corrected chi connectivity index (χ2v) is 9.01. The molecule has 6 nitrogen and oxygen atoms in total. The van der Waals surface area contributed by atoms with Crippen molar-refractivity contribution in [2.24, 2.45) is 5.92 Å². The number of benzene rings is 1. The first kappa shape index (κ1) is 23.3. The van der Waals surface area contributed by atoms with Crippen LogP contribution in [0.3, 0.4) is 0 Å². The fraction of sp³-hybridized carbons (Fsp3) is 0.600. The van der Waals surface area contributed by atoms with Gasteiger partial charge in [0.25, 0.3) is 5.91 Å². The van der Waals surface area contributed by atoms with Crippen molar-refractivity contribution in [3.05, 3.63) is 35.0 Å². The summed E-state index contributed by atoms with van der Waals surface area (Å²) >= 11 is 0. The van der Waals surface area contributed by atoms with Crippen molar-refractivity contribution in [2.45, 2.75) is 78.4 Å². The van der Waals surface area contributed by atoms with Gasteiger partial charge in [-0.2, -0.15) is 5.10 Å². The number of aliphatic hydroxyl groups is 1. The second kappa shape index (κ2) is 9.86. The van der Waals surface area contributed by atoms with Gasteiger partial charge in [0, 0.05) is 24.2 Å². The molecule has 1 fully saturated rings. The molecule has 0 bridgehead atoms. The van der Waals surface area contributed by atoms with E-state index in [4.69, 9.17) is 4.74 Å². The lowest BCUT2D eigenvalue weighted by molar-refractivity contribution is -0.00544. The van der Waals surface area contributed by atoms with Crippen molar-refractivity contribution in [2.75, 3.05) is 13.7 Å². The Morgan fingerprint density at radius 3 is 2.65 bits per heavy atom. The predicted molar refractivity (Wildman–Crippen MR) is 124 cm³/mol.